The Kier molecular flexibility index (Phi) is 8.78. The molecule has 0 aliphatic rings. The molecule has 0 N–H and O–H groups in total. The molecule has 1 aromatic heterocycles. The summed E-state index contributed by atoms with van der Waals surface area (Å²) in [6, 6.07) is 81.2. The number of para-hydroxylation sites is 2. The Morgan fingerprint density at radius 2 is 0.825 bits per heavy atom. The van der Waals surface area contributed by atoms with E-state index in [1.807, 2.05) is 0 Å². The fourth-order valence-electron chi connectivity index (χ4n) is 8.30. The zero-order chi connectivity index (χ0) is 38.1. The predicted molar refractivity (Wildman–Crippen MR) is 242 cm³/mol. The van der Waals surface area contributed by atoms with Gasteiger partial charge in [0, 0.05) is 33.5 Å². The number of nitrogens with zero attached hydrogens (tertiary/aromatic N) is 2. The van der Waals surface area contributed by atoms with E-state index in [-0.39, 0.29) is 0 Å². The highest BCUT2D eigenvalue weighted by Crippen LogP contribution is 2.44. The molecule has 57 heavy (non-hydrogen) atoms. The van der Waals surface area contributed by atoms with Crippen molar-refractivity contribution in [1.29, 1.82) is 0 Å². The van der Waals surface area contributed by atoms with Gasteiger partial charge in [0.15, 0.2) is 0 Å². The zero-order valence-electron chi connectivity index (χ0n) is 31.8. The molecule has 0 unspecified atom stereocenters. The highest BCUT2D eigenvalue weighted by molar-refractivity contribution is 6.10. The zero-order valence-corrected chi connectivity index (χ0v) is 31.8. The molecule has 0 saturated heterocycles. The van der Waals surface area contributed by atoms with Crippen molar-refractivity contribution in [3.8, 4) is 50.2 Å². The van der Waals surface area contributed by atoms with Gasteiger partial charge in [-0.3, -0.25) is 0 Å². The Labute approximate surface area is 334 Å². The van der Waals surface area contributed by atoms with E-state index in [0.29, 0.717) is 0 Å². The van der Waals surface area contributed by atoms with Crippen molar-refractivity contribution in [2.24, 2.45) is 0 Å². The molecule has 10 aromatic rings. The molecule has 2 heteroatoms. The Balaban J connectivity index is 1.09. The number of aryl methyl sites for hydroxylation is 1. The van der Waals surface area contributed by atoms with Gasteiger partial charge in [0.1, 0.15) is 0 Å². The van der Waals surface area contributed by atoms with Gasteiger partial charge in [0.25, 0.3) is 0 Å². The van der Waals surface area contributed by atoms with Crippen LogP contribution in [0.5, 0.6) is 0 Å². The van der Waals surface area contributed by atoms with Crippen molar-refractivity contribution in [2.45, 2.75) is 6.92 Å². The van der Waals surface area contributed by atoms with Crippen molar-refractivity contribution < 1.29 is 0 Å². The summed E-state index contributed by atoms with van der Waals surface area (Å²) in [5, 5.41) is 2.50. The van der Waals surface area contributed by atoms with E-state index < -0.39 is 0 Å². The topological polar surface area (TPSA) is 8.17 Å². The van der Waals surface area contributed by atoms with Crippen LogP contribution in [-0.4, -0.2) is 4.57 Å². The van der Waals surface area contributed by atoms with Crippen LogP contribution in [0.15, 0.2) is 224 Å². The summed E-state index contributed by atoms with van der Waals surface area (Å²) in [5.41, 5.74) is 17.7. The van der Waals surface area contributed by atoms with Crippen LogP contribution < -0.4 is 4.90 Å². The first-order valence-corrected chi connectivity index (χ1v) is 19.6. The van der Waals surface area contributed by atoms with Gasteiger partial charge in [-0.25, -0.2) is 0 Å². The number of benzene rings is 9. The van der Waals surface area contributed by atoms with Crippen LogP contribution in [0.25, 0.3) is 72.0 Å². The number of fused-ring (bicyclic) bond motifs is 3. The fraction of sp³-hybridized carbons (Fsp3) is 0.0182. The highest BCUT2D eigenvalue weighted by atomic mass is 15.1. The molecule has 0 aliphatic carbocycles. The molecule has 9 aromatic carbocycles. The van der Waals surface area contributed by atoms with E-state index in [0.717, 1.165) is 17.1 Å². The minimum atomic E-state index is 1.10. The SMILES string of the molecule is Cc1ccc(N(c2ccc(-c3ccc4c(c3)c3ccccc3n4-c3ccccc3)cc2)c2ccc(-c3ccccc3-c3ccccc3)c(-c3ccccc3)c2)cc1. The summed E-state index contributed by atoms with van der Waals surface area (Å²) in [7, 11) is 0. The molecule has 1 heterocycles. The lowest BCUT2D eigenvalue weighted by molar-refractivity contribution is 1.18. The maximum absolute atomic E-state index is 2.37. The second kappa shape index (κ2) is 14.7. The van der Waals surface area contributed by atoms with E-state index in [1.54, 1.807) is 0 Å². The van der Waals surface area contributed by atoms with E-state index in [9.17, 15) is 0 Å². The monoisotopic (exact) mass is 728 g/mol. The maximum atomic E-state index is 2.37. The third kappa shape index (κ3) is 6.38. The Hall–Kier alpha value is -7.42. The van der Waals surface area contributed by atoms with E-state index >= 15 is 0 Å². The van der Waals surface area contributed by atoms with Gasteiger partial charge >= 0.3 is 0 Å². The van der Waals surface area contributed by atoms with Crippen LogP contribution in [0.4, 0.5) is 17.1 Å². The molecule has 0 amide bonds. The fourth-order valence-corrected chi connectivity index (χ4v) is 8.30. The van der Waals surface area contributed by atoms with Gasteiger partial charge in [-0.05, 0) is 118 Å². The van der Waals surface area contributed by atoms with Crippen LogP contribution in [0, 0.1) is 6.92 Å². The van der Waals surface area contributed by atoms with E-state index in [2.05, 4.69) is 241 Å². The average molecular weight is 729 g/mol. The summed E-state index contributed by atoms with van der Waals surface area (Å²) < 4.78 is 2.37. The molecule has 2 nitrogen and oxygen atoms in total. The Morgan fingerprint density at radius 3 is 1.53 bits per heavy atom. The second-order valence-corrected chi connectivity index (χ2v) is 14.6. The standard InChI is InChI=1S/C55H40N2/c1-39-25-30-45(31-26-39)56(47-34-35-50(52(38-47)42-17-7-3-8-18-42)49-22-12-11-21-48(49)41-15-5-2-6-16-41)46-32-27-40(28-33-46)43-29-36-55-53(37-43)51-23-13-14-24-54(51)57(55)44-19-9-4-10-20-44/h2-38H,1H3. The predicted octanol–water partition coefficient (Wildman–Crippen LogP) is 15.2. The van der Waals surface area contributed by atoms with Crippen LogP contribution in [0.1, 0.15) is 5.56 Å². The van der Waals surface area contributed by atoms with Crippen molar-refractivity contribution >= 4 is 38.9 Å². The minimum Gasteiger partial charge on any atom is -0.310 e. The van der Waals surface area contributed by atoms with Crippen molar-refractivity contribution in [1.82, 2.24) is 4.57 Å². The lowest BCUT2D eigenvalue weighted by Crippen LogP contribution is -2.10. The third-order valence-corrected chi connectivity index (χ3v) is 11.1. The molecule has 0 bridgehead atoms. The van der Waals surface area contributed by atoms with Crippen LogP contribution in [0.2, 0.25) is 0 Å². The molecule has 0 aliphatic heterocycles. The lowest BCUT2D eigenvalue weighted by atomic mass is 9.89. The van der Waals surface area contributed by atoms with Gasteiger partial charge in [-0.1, -0.05) is 163 Å². The summed E-state index contributed by atoms with van der Waals surface area (Å²) in [6.07, 6.45) is 0. The first-order valence-electron chi connectivity index (χ1n) is 19.6. The summed E-state index contributed by atoms with van der Waals surface area (Å²) in [6.45, 7) is 2.14. The van der Waals surface area contributed by atoms with Crippen LogP contribution in [-0.2, 0) is 0 Å². The van der Waals surface area contributed by atoms with Crippen molar-refractivity contribution in [3.05, 3.63) is 230 Å². The Bertz CT molecular complexity index is 2980. The summed E-state index contributed by atoms with van der Waals surface area (Å²) in [4.78, 5) is 2.37. The molecular formula is C55H40N2. The number of hydrogen-bond donors (Lipinski definition) is 0. The van der Waals surface area contributed by atoms with Gasteiger partial charge in [0.05, 0.1) is 11.0 Å². The summed E-state index contributed by atoms with van der Waals surface area (Å²) >= 11 is 0. The van der Waals surface area contributed by atoms with E-state index in [4.69, 9.17) is 0 Å². The molecule has 0 fully saturated rings. The maximum Gasteiger partial charge on any atom is 0.0541 e. The second-order valence-electron chi connectivity index (χ2n) is 14.6. The Morgan fingerprint density at radius 1 is 0.316 bits per heavy atom. The van der Waals surface area contributed by atoms with Gasteiger partial charge in [-0.2, -0.15) is 0 Å². The van der Waals surface area contributed by atoms with Gasteiger partial charge in [-0.15, -0.1) is 0 Å². The number of anilines is 3. The lowest BCUT2D eigenvalue weighted by Gasteiger charge is -2.27. The largest absolute Gasteiger partial charge is 0.310 e. The van der Waals surface area contributed by atoms with Crippen molar-refractivity contribution in [2.75, 3.05) is 4.90 Å². The molecule has 0 radical (unpaired) electrons. The van der Waals surface area contributed by atoms with Gasteiger partial charge in [0.2, 0.25) is 0 Å². The minimum absolute atomic E-state index is 1.10. The molecule has 10 rings (SSSR count). The smallest absolute Gasteiger partial charge is 0.0541 e. The van der Waals surface area contributed by atoms with Crippen molar-refractivity contribution in [3.63, 3.8) is 0 Å². The quantitative estimate of drug-likeness (QED) is 0.151. The van der Waals surface area contributed by atoms with E-state index in [1.165, 1.54) is 77.6 Å². The molecule has 0 atom stereocenters. The number of rotatable bonds is 8. The molecule has 0 saturated carbocycles. The third-order valence-electron chi connectivity index (χ3n) is 11.1. The van der Waals surface area contributed by atoms with Crippen LogP contribution >= 0.6 is 0 Å². The average Bonchev–Trinajstić information content (AvgIpc) is 3.62. The van der Waals surface area contributed by atoms with Gasteiger partial charge < -0.3 is 9.47 Å². The first kappa shape index (κ1) is 34.1. The molecular weight excluding hydrogens is 689 g/mol. The number of aromatic nitrogens is 1. The summed E-state index contributed by atoms with van der Waals surface area (Å²) in [5.74, 6) is 0. The molecule has 270 valence electrons. The normalized spacial score (nSPS) is 11.2. The highest BCUT2D eigenvalue weighted by Gasteiger charge is 2.19. The first-order chi connectivity index (χ1) is 28.2. The molecule has 0 spiro atoms. The van der Waals surface area contributed by atoms with Crippen LogP contribution in [0.3, 0.4) is 0 Å². The number of hydrogen-bond acceptors (Lipinski definition) is 1.